The van der Waals surface area contributed by atoms with Crippen LogP contribution in [0.2, 0.25) is 0 Å². The van der Waals surface area contributed by atoms with Crippen LogP contribution in [0.4, 0.5) is 11.6 Å². The summed E-state index contributed by atoms with van der Waals surface area (Å²) in [6, 6.07) is 0. The zero-order chi connectivity index (χ0) is 13.8. The molecular weight excluding hydrogens is 228 g/mol. The van der Waals surface area contributed by atoms with Crippen LogP contribution in [-0.2, 0) is 11.2 Å². The molecule has 0 fully saturated rings. The molecule has 5 heteroatoms. The fourth-order valence-corrected chi connectivity index (χ4v) is 1.80. The van der Waals surface area contributed by atoms with Crippen molar-refractivity contribution >= 4 is 11.6 Å². The Labute approximate surface area is 109 Å². The minimum atomic E-state index is -0.163. The lowest BCUT2D eigenvalue weighted by Gasteiger charge is -2.27. The van der Waals surface area contributed by atoms with E-state index in [2.05, 4.69) is 34.4 Å². The molecule has 0 unspecified atom stereocenters. The normalized spacial score (nSPS) is 11.4. The highest BCUT2D eigenvalue weighted by molar-refractivity contribution is 5.57. The molecule has 0 saturated carbocycles. The first kappa shape index (κ1) is 14.7. The molecule has 5 nitrogen and oxygen atoms in total. The summed E-state index contributed by atoms with van der Waals surface area (Å²) in [4.78, 5) is 9.00. The quantitative estimate of drug-likeness (QED) is 0.813. The maximum absolute atomic E-state index is 5.21. The molecule has 0 spiro atoms. The number of ether oxygens (including phenoxy) is 1. The van der Waals surface area contributed by atoms with Crippen molar-refractivity contribution in [3.8, 4) is 0 Å². The number of hydrogen-bond acceptors (Lipinski definition) is 5. The van der Waals surface area contributed by atoms with Gasteiger partial charge in [0.2, 0.25) is 0 Å². The Kier molecular flexibility index (Phi) is 4.90. The van der Waals surface area contributed by atoms with Gasteiger partial charge in [0.25, 0.3) is 0 Å². The van der Waals surface area contributed by atoms with E-state index in [9.17, 15) is 0 Å². The van der Waals surface area contributed by atoms with Gasteiger partial charge < -0.3 is 15.4 Å². The maximum Gasteiger partial charge on any atom is 0.135 e. The molecule has 1 aromatic rings. The van der Waals surface area contributed by atoms with Crippen LogP contribution in [0.3, 0.4) is 0 Å². The number of anilines is 2. The molecule has 18 heavy (non-hydrogen) atoms. The second-order valence-corrected chi connectivity index (χ2v) is 5.01. The van der Waals surface area contributed by atoms with E-state index in [0.717, 1.165) is 29.4 Å². The summed E-state index contributed by atoms with van der Waals surface area (Å²) in [5.41, 5.74) is 0.864. The molecule has 1 aromatic heterocycles. The first-order chi connectivity index (χ1) is 8.43. The van der Waals surface area contributed by atoms with Crippen LogP contribution in [0.5, 0.6) is 0 Å². The number of nitrogens with one attached hydrogen (secondary N) is 2. The SMILES string of the molecule is CCc1nc(NC)c(C)c(NC(C)(C)COC)n1. The monoisotopic (exact) mass is 252 g/mol. The van der Waals surface area contributed by atoms with Crippen molar-refractivity contribution < 1.29 is 4.74 Å². The number of aromatic nitrogens is 2. The predicted molar refractivity (Wildman–Crippen MR) is 75.3 cm³/mol. The minimum absolute atomic E-state index is 0.163. The van der Waals surface area contributed by atoms with Gasteiger partial charge in [-0.2, -0.15) is 0 Å². The summed E-state index contributed by atoms with van der Waals surface area (Å²) in [5, 5.41) is 6.53. The molecule has 0 saturated heterocycles. The van der Waals surface area contributed by atoms with Crippen molar-refractivity contribution in [1.29, 1.82) is 0 Å². The van der Waals surface area contributed by atoms with Gasteiger partial charge in [0.05, 0.1) is 12.1 Å². The van der Waals surface area contributed by atoms with Crippen molar-refractivity contribution in [1.82, 2.24) is 9.97 Å². The zero-order valence-corrected chi connectivity index (χ0v) is 12.2. The summed E-state index contributed by atoms with van der Waals surface area (Å²) in [7, 11) is 3.58. The summed E-state index contributed by atoms with van der Waals surface area (Å²) in [6.45, 7) is 8.85. The highest BCUT2D eigenvalue weighted by Crippen LogP contribution is 2.23. The molecule has 0 amide bonds. The van der Waals surface area contributed by atoms with E-state index in [0.29, 0.717) is 6.61 Å². The first-order valence-electron chi connectivity index (χ1n) is 6.26. The molecule has 0 radical (unpaired) electrons. The number of methoxy groups -OCH3 is 1. The predicted octanol–water partition coefficient (Wildman–Crippen LogP) is 2.23. The molecule has 0 aliphatic rings. The highest BCUT2D eigenvalue weighted by atomic mass is 16.5. The third-order valence-corrected chi connectivity index (χ3v) is 2.71. The first-order valence-corrected chi connectivity index (χ1v) is 6.26. The Morgan fingerprint density at radius 3 is 2.33 bits per heavy atom. The Morgan fingerprint density at radius 1 is 1.22 bits per heavy atom. The summed E-state index contributed by atoms with van der Waals surface area (Å²) in [5.74, 6) is 2.58. The van der Waals surface area contributed by atoms with Crippen LogP contribution in [0.15, 0.2) is 0 Å². The van der Waals surface area contributed by atoms with Crippen molar-refractivity contribution in [2.45, 2.75) is 39.7 Å². The molecule has 0 atom stereocenters. The largest absolute Gasteiger partial charge is 0.382 e. The van der Waals surface area contributed by atoms with Crippen LogP contribution < -0.4 is 10.6 Å². The van der Waals surface area contributed by atoms with Gasteiger partial charge in [-0.25, -0.2) is 9.97 Å². The lowest BCUT2D eigenvalue weighted by Crippen LogP contribution is -2.36. The third kappa shape index (κ3) is 3.57. The Hall–Kier alpha value is -1.36. The van der Waals surface area contributed by atoms with Crippen molar-refractivity contribution in [2.24, 2.45) is 0 Å². The molecule has 1 heterocycles. The molecule has 0 aliphatic carbocycles. The number of hydrogen-bond donors (Lipinski definition) is 2. The van der Waals surface area contributed by atoms with Crippen LogP contribution in [0, 0.1) is 6.92 Å². The van der Waals surface area contributed by atoms with Crippen LogP contribution >= 0.6 is 0 Å². The van der Waals surface area contributed by atoms with Crippen molar-refractivity contribution in [3.05, 3.63) is 11.4 Å². The zero-order valence-electron chi connectivity index (χ0n) is 12.2. The van der Waals surface area contributed by atoms with Gasteiger partial charge in [0.15, 0.2) is 0 Å². The van der Waals surface area contributed by atoms with Crippen LogP contribution in [0.25, 0.3) is 0 Å². The van der Waals surface area contributed by atoms with Gasteiger partial charge in [-0.05, 0) is 20.8 Å². The van der Waals surface area contributed by atoms with E-state index >= 15 is 0 Å². The average Bonchev–Trinajstić information content (AvgIpc) is 2.31. The fraction of sp³-hybridized carbons (Fsp3) is 0.692. The summed E-state index contributed by atoms with van der Waals surface area (Å²) >= 11 is 0. The Bertz CT molecular complexity index is 404. The van der Waals surface area contributed by atoms with Crippen molar-refractivity contribution in [2.75, 3.05) is 31.4 Å². The van der Waals surface area contributed by atoms with Gasteiger partial charge >= 0.3 is 0 Å². The average molecular weight is 252 g/mol. The lowest BCUT2D eigenvalue weighted by molar-refractivity contribution is 0.158. The van der Waals surface area contributed by atoms with Gasteiger partial charge in [0, 0.05) is 26.1 Å². The van der Waals surface area contributed by atoms with Crippen LogP contribution in [0.1, 0.15) is 32.2 Å². The fourth-order valence-electron chi connectivity index (χ4n) is 1.80. The molecule has 0 bridgehead atoms. The molecule has 0 aromatic carbocycles. The van der Waals surface area contributed by atoms with Gasteiger partial charge in [-0.15, -0.1) is 0 Å². The molecule has 1 rings (SSSR count). The third-order valence-electron chi connectivity index (χ3n) is 2.71. The van der Waals surface area contributed by atoms with Gasteiger partial charge in [0.1, 0.15) is 17.5 Å². The molecule has 2 N–H and O–H groups in total. The topological polar surface area (TPSA) is 59.1 Å². The lowest BCUT2D eigenvalue weighted by atomic mass is 10.1. The van der Waals surface area contributed by atoms with Crippen LogP contribution in [-0.4, -0.2) is 36.3 Å². The summed E-state index contributed by atoms with van der Waals surface area (Å²) < 4.78 is 5.21. The van der Waals surface area contributed by atoms with E-state index in [1.165, 1.54) is 0 Å². The minimum Gasteiger partial charge on any atom is -0.382 e. The molecule has 0 aliphatic heterocycles. The molecular formula is C13H24N4O. The van der Waals surface area contributed by atoms with Crippen molar-refractivity contribution in [3.63, 3.8) is 0 Å². The van der Waals surface area contributed by atoms with Gasteiger partial charge in [-0.1, -0.05) is 6.92 Å². The maximum atomic E-state index is 5.21. The Morgan fingerprint density at radius 2 is 1.83 bits per heavy atom. The highest BCUT2D eigenvalue weighted by Gasteiger charge is 2.20. The number of nitrogens with zero attached hydrogens (tertiary/aromatic N) is 2. The molecule has 102 valence electrons. The standard InChI is InChI=1S/C13H24N4O/c1-7-10-15-11(14-5)9(2)12(16-10)17-13(3,4)8-18-6/h7-8H2,1-6H3,(H2,14,15,16,17). The van der Waals surface area contributed by atoms with Gasteiger partial charge in [-0.3, -0.25) is 0 Å². The number of aryl methyl sites for hydroxylation is 1. The number of rotatable bonds is 6. The van der Waals surface area contributed by atoms with E-state index in [1.54, 1.807) is 7.11 Å². The second-order valence-electron chi connectivity index (χ2n) is 5.01. The smallest absolute Gasteiger partial charge is 0.135 e. The van der Waals surface area contributed by atoms with E-state index in [-0.39, 0.29) is 5.54 Å². The summed E-state index contributed by atoms with van der Waals surface area (Å²) in [6.07, 6.45) is 0.814. The van der Waals surface area contributed by atoms with E-state index in [4.69, 9.17) is 4.74 Å². The van der Waals surface area contributed by atoms with E-state index in [1.807, 2.05) is 20.9 Å². The van der Waals surface area contributed by atoms with E-state index < -0.39 is 0 Å². The Balaban J connectivity index is 3.07. The second kappa shape index (κ2) is 6.00.